The Morgan fingerprint density at radius 3 is 2.32 bits per heavy atom. The maximum atomic E-state index is 12.7. The highest BCUT2D eigenvalue weighted by molar-refractivity contribution is 5.60. The fourth-order valence-electron chi connectivity index (χ4n) is 1.79. The number of pyridine rings is 1. The third kappa shape index (κ3) is 3.13. The van der Waals surface area contributed by atoms with Gasteiger partial charge in [-0.3, -0.25) is 4.98 Å². The summed E-state index contributed by atoms with van der Waals surface area (Å²) >= 11 is 0. The van der Waals surface area contributed by atoms with Crippen LogP contribution in [0.1, 0.15) is 31.0 Å². The lowest BCUT2D eigenvalue weighted by molar-refractivity contribution is -0.137. The molecule has 1 nitrogen and oxygen atoms in total. The summed E-state index contributed by atoms with van der Waals surface area (Å²) in [4.78, 5) is 4.40. The molecule has 2 aromatic rings. The molecule has 0 bridgehead atoms. The number of nitrogens with zero attached hydrogens (tertiary/aromatic N) is 1. The minimum absolute atomic E-state index is 0.241. The van der Waals surface area contributed by atoms with Gasteiger partial charge in [0.2, 0.25) is 0 Å². The molecular formula is C15H14F3N. The van der Waals surface area contributed by atoms with Gasteiger partial charge in [-0.1, -0.05) is 32.0 Å². The Hall–Kier alpha value is -1.84. The van der Waals surface area contributed by atoms with Crippen LogP contribution in [0, 0.1) is 0 Å². The van der Waals surface area contributed by atoms with Gasteiger partial charge in [-0.05, 0) is 30.2 Å². The van der Waals surface area contributed by atoms with E-state index in [1.165, 1.54) is 6.07 Å². The van der Waals surface area contributed by atoms with Gasteiger partial charge in [0.25, 0.3) is 0 Å². The third-order valence-electron chi connectivity index (χ3n) is 2.85. The van der Waals surface area contributed by atoms with E-state index in [0.29, 0.717) is 11.3 Å². The fraction of sp³-hybridized carbons (Fsp3) is 0.267. The molecule has 0 saturated heterocycles. The largest absolute Gasteiger partial charge is 0.416 e. The molecule has 0 fully saturated rings. The van der Waals surface area contributed by atoms with E-state index in [1.54, 1.807) is 12.1 Å². The van der Waals surface area contributed by atoms with Crippen molar-refractivity contribution in [2.75, 3.05) is 0 Å². The number of halogens is 3. The fourth-order valence-corrected chi connectivity index (χ4v) is 1.79. The lowest BCUT2D eigenvalue weighted by Gasteiger charge is -2.10. The summed E-state index contributed by atoms with van der Waals surface area (Å²) in [5.74, 6) is 0.241. The van der Waals surface area contributed by atoms with Crippen LogP contribution in [-0.2, 0) is 6.18 Å². The van der Waals surface area contributed by atoms with E-state index in [2.05, 4.69) is 4.98 Å². The van der Waals surface area contributed by atoms with E-state index in [0.717, 1.165) is 17.8 Å². The average Bonchev–Trinajstić information content (AvgIpc) is 2.38. The summed E-state index contributed by atoms with van der Waals surface area (Å²) in [6, 6.07) is 10.7. The number of hydrogen-bond donors (Lipinski definition) is 0. The Balaban J connectivity index is 2.45. The molecule has 0 aliphatic carbocycles. The van der Waals surface area contributed by atoms with Gasteiger partial charge in [0, 0.05) is 11.3 Å². The van der Waals surface area contributed by atoms with Gasteiger partial charge in [-0.2, -0.15) is 13.2 Å². The van der Waals surface area contributed by atoms with Crippen molar-refractivity contribution in [3.8, 4) is 11.3 Å². The first kappa shape index (κ1) is 13.6. The maximum absolute atomic E-state index is 12.7. The van der Waals surface area contributed by atoms with Gasteiger partial charge < -0.3 is 0 Å². The monoisotopic (exact) mass is 265 g/mol. The Kier molecular flexibility index (Phi) is 3.60. The highest BCUT2D eigenvalue weighted by Crippen LogP contribution is 2.31. The molecule has 0 aliphatic heterocycles. The molecule has 0 aliphatic rings. The molecule has 0 N–H and O–H groups in total. The number of aromatic nitrogens is 1. The van der Waals surface area contributed by atoms with Gasteiger partial charge >= 0.3 is 6.18 Å². The molecule has 0 atom stereocenters. The molecular weight excluding hydrogens is 251 g/mol. The Morgan fingerprint density at radius 2 is 1.68 bits per heavy atom. The van der Waals surface area contributed by atoms with E-state index in [9.17, 15) is 13.2 Å². The molecule has 1 aromatic carbocycles. The summed E-state index contributed by atoms with van der Waals surface area (Å²) in [5, 5.41) is 0. The average molecular weight is 265 g/mol. The van der Waals surface area contributed by atoms with E-state index >= 15 is 0 Å². The normalized spacial score (nSPS) is 11.9. The summed E-state index contributed by atoms with van der Waals surface area (Å²) in [6.45, 7) is 4.00. The summed E-state index contributed by atoms with van der Waals surface area (Å²) in [5.41, 5.74) is 1.27. The minimum atomic E-state index is -4.33. The van der Waals surface area contributed by atoms with Gasteiger partial charge in [-0.25, -0.2) is 0 Å². The molecule has 0 saturated carbocycles. The molecule has 100 valence electrons. The molecule has 1 heterocycles. The second kappa shape index (κ2) is 5.03. The second-order valence-corrected chi connectivity index (χ2v) is 4.68. The van der Waals surface area contributed by atoms with E-state index in [4.69, 9.17) is 0 Å². The number of rotatable bonds is 2. The SMILES string of the molecule is CC(C)c1cccc(-c2cccc(C(F)(F)F)c2)n1. The van der Waals surface area contributed by atoms with Crippen LogP contribution in [0.2, 0.25) is 0 Å². The van der Waals surface area contributed by atoms with Gasteiger partial charge in [0.1, 0.15) is 0 Å². The second-order valence-electron chi connectivity index (χ2n) is 4.68. The zero-order chi connectivity index (χ0) is 14.0. The van der Waals surface area contributed by atoms with Crippen molar-refractivity contribution < 1.29 is 13.2 Å². The van der Waals surface area contributed by atoms with Crippen LogP contribution >= 0.6 is 0 Å². The molecule has 0 radical (unpaired) electrons. The van der Waals surface area contributed by atoms with Crippen LogP contribution < -0.4 is 0 Å². The Morgan fingerprint density at radius 1 is 1.00 bits per heavy atom. The standard InChI is InChI=1S/C15H14F3N/c1-10(2)13-7-4-8-14(19-13)11-5-3-6-12(9-11)15(16,17)18/h3-10H,1-2H3. The van der Waals surface area contributed by atoms with E-state index in [1.807, 2.05) is 26.0 Å². The quantitative estimate of drug-likeness (QED) is 0.753. The molecule has 0 spiro atoms. The van der Waals surface area contributed by atoms with Crippen LogP contribution in [0.5, 0.6) is 0 Å². The minimum Gasteiger partial charge on any atom is -0.253 e. The maximum Gasteiger partial charge on any atom is 0.416 e. The van der Waals surface area contributed by atoms with Crippen molar-refractivity contribution >= 4 is 0 Å². The van der Waals surface area contributed by atoms with Crippen molar-refractivity contribution in [3.63, 3.8) is 0 Å². The molecule has 19 heavy (non-hydrogen) atoms. The molecule has 2 rings (SSSR count). The highest BCUT2D eigenvalue weighted by atomic mass is 19.4. The van der Waals surface area contributed by atoms with Crippen molar-refractivity contribution in [1.29, 1.82) is 0 Å². The number of benzene rings is 1. The number of hydrogen-bond acceptors (Lipinski definition) is 1. The van der Waals surface area contributed by atoms with Crippen molar-refractivity contribution in [2.45, 2.75) is 25.9 Å². The first-order chi connectivity index (χ1) is 8.88. The molecule has 0 amide bonds. The lowest BCUT2D eigenvalue weighted by atomic mass is 10.0. The first-order valence-electron chi connectivity index (χ1n) is 6.02. The van der Waals surface area contributed by atoms with Crippen molar-refractivity contribution in [2.24, 2.45) is 0 Å². The highest BCUT2D eigenvalue weighted by Gasteiger charge is 2.30. The molecule has 1 aromatic heterocycles. The zero-order valence-electron chi connectivity index (χ0n) is 10.7. The van der Waals surface area contributed by atoms with Crippen LogP contribution in [0.4, 0.5) is 13.2 Å². The zero-order valence-corrected chi connectivity index (χ0v) is 10.7. The topological polar surface area (TPSA) is 12.9 Å². The third-order valence-corrected chi connectivity index (χ3v) is 2.85. The summed E-state index contributed by atoms with van der Waals surface area (Å²) in [7, 11) is 0. The van der Waals surface area contributed by atoms with Gasteiger partial charge in [0.05, 0.1) is 11.3 Å². The Bertz CT molecular complexity index is 574. The van der Waals surface area contributed by atoms with Gasteiger partial charge in [-0.15, -0.1) is 0 Å². The smallest absolute Gasteiger partial charge is 0.253 e. The summed E-state index contributed by atoms with van der Waals surface area (Å²) < 4.78 is 38.0. The van der Waals surface area contributed by atoms with E-state index < -0.39 is 11.7 Å². The van der Waals surface area contributed by atoms with Crippen LogP contribution in [0.15, 0.2) is 42.5 Å². The van der Waals surface area contributed by atoms with Crippen molar-refractivity contribution in [3.05, 3.63) is 53.7 Å². The number of alkyl halides is 3. The molecule has 0 unspecified atom stereocenters. The predicted molar refractivity (Wildman–Crippen MR) is 68.8 cm³/mol. The van der Waals surface area contributed by atoms with Crippen molar-refractivity contribution in [1.82, 2.24) is 4.98 Å². The van der Waals surface area contributed by atoms with Crippen LogP contribution in [0.25, 0.3) is 11.3 Å². The summed E-state index contributed by atoms with van der Waals surface area (Å²) in [6.07, 6.45) is -4.33. The Labute approximate surface area is 110 Å². The van der Waals surface area contributed by atoms with Crippen LogP contribution in [-0.4, -0.2) is 4.98 Å². The first-order valence-corrected chi connectivity index (χ1v) is 6.02. The predicted octanol–water partition coefficient (Wildman–Crippen LogP) is 4.89. The van der Waals surface area contributed by atoms with Gasteiger partial charge in [0.15, 0.2) is 0 Å². The lowest BCUT2D eigenvalue weighted by Crippen LogP contribution is -2.04. The van der Waals surface area contributed by atoms with E-state index in [-0.39, 0.29) is 5.92 Å². The molecule has 4 heteroatoms. The van der Waals surface area contributed by atoms with Crippen LogP contribution in [0.3, 0.4) is 0 Å².